The lowest BCUT2D eigenvalue weighted by atomic mass is 9.64. The normalized spacial score (nSPS) is 26.2. The number of rotatable bonds is 4. The van der Waals surface area contributed by atoms with Gasteiger partial charge < -0.3 is 14.2 Å². The van der Waals surface area contributed by atoms with Gasteiger partial charge in [-0.2, -0.15) is 4.31 Å². The van der Waals surface area contributed by atoms with E-state index in [1.165, 1.54) is 6.20 Å². The van der Waals surface area contributed by atoms with E-state index in [4.69, 9.17) is 14.2 Å². The number of hydrogen-bond donors (Lipinski definition) is 0. The molecule has 178 valence electrons. The number of para-hydroxylation sites is 1. The lowest BCUT2D eigenvalue weighted by Crippen LogP contribution is -2.54. The van der Waals surface area contributed by atoms with E-state index in [1.54, 1.807) is 22.6 Å². The first-order valence-electron chi connectivity index (χ1n) is 11.7. The maximum Gasteiger partial charge on any atom is 0.244 e. The topological polar surface area (TPSA) is 78.0 Å². The Kier molecular flexibility index (Phi) is 5.66. The number of nitrogens with zero attached hydrogens (tertiary/aromatic N) is 2. The zero-order valence-electron chi connectivity index (χ0n) is 19.5. The zero-order valence-corrected chi connectivity index (χ0v) is 20.3. The van der Waals surface area contributed by atoms with Crippen LogP contribution in [0.2, 0.25) is 0 Å². The van der Waals surface area contributed by atoms with Crippen molar-refractivity contribution in [3.63, 3.8) is 0 Å². The van der Waals surface area contributed by atoms with Crippen LogP contribution < -0.4 is 9.47 Å². The third kappa shape index (κ3) is 3.92. The van der Waals surface area contributed by atoms with Crippen molar-refractivity contribution in [1.82, 2.24) is 9.29 Å². The van der Waals surface area contributed by atoms with Crippen molar-refractivity contribution in [3.8, 4) is 11.5 Å². The number of ether oxygens (including phenoxy) is 3. The van der Waals surface area contributed by atoms with E-state index in [9.17, 15) is 8.42 Å². The van der Waals surface area contributed by atoms with Crippen molar-refractivity contribution in [3.05, 3.63) is 48.3 Å². The number of sulfonamides is 1. The molecule has 8 heteroatoms. The summed E-state index contributed by atoms with van der Waals surface area (Å²) in [5.41, 5.74) is 0.589. The van der Waals surface area contributed by atoms with E-state index in [1.807, 2.05) is 19.1 Å². The van der Waals surface area contributed by atoms with Crippen molar-refractivity contribution < 1.29 is 22.6 Å². The molecule has 2 atom stereocenters. The fourth-order valence-corrected chi connectivity index (χ4v) is 7.01. The second-order valence-electron chi connectivity index (χ2n) is 9.95. The molecule has 0 amide bonds. The summed E-state index contributed by atoms with van der Waals surface area (Å²) in [6, 6.07) is 9.29. The standard InChI is InChI=1S/C25H32N2O5S/c1-4-30-21-9-5-8-19-22-20(24(2,3)32-23(19)21)15-25(17-31-22)10-13-27(14-11-25)33(28,29)18-7-6-12-26-16-18/h5-9,12,16,20,22H,4,10-11,13-15,17H2,1-3H3/t20-,22+/m0/s1. The second-order valence-corrected chi connectivity index (χ2v) is 11.9. The van der Waals surface area contributed by atoms with Gasteiger partial charge in [-0.15, -0.1) is 0 Å². The fraction of sp³-hybridized carbons (Fsp3) is 0.560. The van der Waals surface area contributed by atoms with E-state index in [0.717, 1.165) is 36.3 Å². The average Bonchev–Trinajstić information content (AvgIpc) is 2.81. The van der Waals surface area contributed by atoms with Crippen LogP contribution in [0.1, 0.15) is 51.7 Å². The van der Waals surface area contributed by atoms with Gasteiger partial charge in [0, 0.05) is 37.0 Å². The summed E-state index contributed by atoms with van der Waals surface area (Å²) in [4.78, 5) is 4.23. The van der Waals surface area contributed by atoms with Crippen LogP contribution in [-0.2, 0) is 14.8 Å². The van der Waals surface area contributed by atoms with Gasteiger partial charge in [-0.25, -0.2) is 8.42 Å². The molecule has 2 aromatic rings. The molecule has 0 N–H and O–H groups in total. The Hall–Kier alpha value is -2.16. The third-order valence-corrected chi connectivity index (χ3v) is 9.40. The number of benzene rings is 1. The number of hydrogen-bond acceptors (Lipinski definition) is 6. The number of pyridine rings is 1. The van der Waals surface area contributed by atoms with Crippen LogP contribution in [0.5, 0.6) is 11.5 Å². The van der Waals surface area contributed by atoms with Crippen LogP contribution in [0.4, 0.5) is 0 Å². The highest BCUT2D eigenvalue weighted by atomic mass is 32.2. The third-order valence-electron chi connectivity index (χ3n) is 7.52. The Morgan fingerprint density at radius 1 is 1.18 bits per heavy atom. The highest BCUT2D eigenvalue weighted by Crippen LogP contribution is 2.57. The summed E-state index contributed by atoms with van der Waals surface area (Å²) in [7, 11) is -3.52. The molecule has 33 heavy (non-hydrogen) atoms. The molecule has 4 heterocycles. The van der Waals surface area contributed by atoms with E-state index >= 15 is 0 Å². The molecule has 5 rings (SSSR count). The van der Waals surface area contributed by atoms with E-state index in [-0.39, 0.29) is 22.3 Å². The summed E-state index contributed by atoms with van der Waals surface area (Å²) in [6.07, 6.45) is 5.46. The van der Waals surface area contributed by atoms with Gasteiger partial charge >= 0.3 is 0 Å². The maximum atomic E-state index is 13.0. The van der Waals surface area contributed by atoms with Crippen LogP contribution in [0, 0.1) is 11.3 Å². The van der Waals surface area contributed by atoms with Gasteiger partial charge in [0.25, 0.3) is 0 Å². The highest BCUT2D eigenvalue weighted by molar-refractivity contribution is 7.89. The van der Waals surface area contributed by atoms with Crippen molar-refractivity contribution in [2.45, 2.75) is 56.6 Å². The van der Waals surface area contributed by atoms with E-state index in [2.05, 4.69) is 24.9 Å². The molecule has 0 aliphatic carbocycles. The van der Waals surface area contributed by atoms with Gasteiger partial charge in [0.1, 0.15) is 10.5 Å². The minimum Gasteiger partial charge on any atom is -0.490 e. The molecule has 3 aliphatic heterocycles. The zero-order chi connectivity index (χ0) is 23.3. The smallest absolute Gasteiger partial charge is 0.244 e. The molecule has 1 spiro atoms. The van der Waals surface area contributed by atoms with E-state index in [0.29, 0.717) is 26.3 Å². The molecule has 1 aromatic heterocycles. The van der Waals surface area contributed by atoms with Crippen LogP contribution in [0.3, 0.4) is 0 Å². The summed E-state index contributed by atoms with van der Waals surface area (Å²) in [5.74, 6) is 1.73. The predicted octanol–water partition coefficient (Wildman–Crippen LogP) is 4.20. The molecule has 7 nitrogen and oxygen atoms in total. The summed E-state index contributed by atoms with van der Waals surface area (Å²) in [6.45, 7) is 8.41. The first-order chi connectivity index (χ1) is 15.8. The SMILES string of the molecule is CCOc1cccc2c1OC(C)(C)[C@H]1CC3(CCN(S(=O)(=O)c4cccnc4)CC3)CO[C@H]21. The largest absolute Gasteiger partial charge is 0.490 e. The summed E-state index contributed by atoms with van der Waals surface area (Å²) >= 11 is 0. The molecule has 0 unspecified atom stereocenters. The van der Waals surface area contributed by atoms with Gasteiger partial charge in [-0.1, -0.05) is 12.1 Å². The summed E-state index contributed by atoms with van der Waals surface area (Å²) in [5, 5.41) is 0. The number of piperidine rings is 1. The maximum absolute atomic E-state index is 13.0. The van der Waals surface area contributed by atoms with Gasteiger partial charge in [0.2, 0.25) is 10.0 Å². The first kappa shape index (κ1) is 22.6. The summed E-state index contributed by atoms with van der Waals surface area (Å²) < 4.78 is 46.6. The molecule has 0 radical (unpaired) electrons. The lowest BCUT2D eigenvalue weighted by Gasteiger charge is -2.54. The average molecular weight is 473 g/mol. The molecule has 2 saturated heterocycles. The Morgan fingerprint density at radius 2 is 1.97 bits per heavy atom. The van der Waals surface area contributed by atoms with Gasteiger partial charge in [-0.05, 0) is 63.6 Å². The minimum atomic E-state index is -3.52. The predicted molar refractivity (Wildman–Crippen MR) is 124 cm³/mol. The van der Waals surface area contributed by atoms with Gasteiger partial charge in [-0.3, -0.25) is 4.98 Å². The molecule has 0 saturated carbocycles. The lowest BCUT2D eigenvalue weighted by molar-refractivity contribution is -0.172. The Morgan fingerprint density at radius 3 is 2.67 bits per heavy atom. The highest BCUT2D eigenvalue weighted by Gasteiger charge is 2.53. The Balaban J connectivity index is 1.35. The van der Waals surface area contributed by atoms with E-state index < -0.39 is 15.6 Å². The Labute approximate surface area is 196 Å². The van der Waals surface area contributed by atoms with Gasteiger partial charge in [0.15, 0.2) is 11.5 Å². The van der Waals surface area contributed by atoms with Crippen molar-refractivity contribution in [2.24, 2.45) is 11.3 Å². The van der Waals surface area contributed by atoms with Crippen LogP contribution in [0.25, 0.3) is 0 Å². The quantitative estimate of drug-likeness (QED) is 0.664. The second kappa shape index (κ2) is 8.25. The molecule has 3 aliphatic rings. The molecular weight excluding hydrogens is 440 g/mol. The van der Waals surface area contributed by atoms with Gasteiger partial charge in [0.05, 0.1) is 19.3 Å². The molecule has 2 fully saturated rings. The van der Waals surface area contributed by atoms with Crippen molar-refractivity contribution >= 4 is 10.0 Å². The molecule has 0 bridgehead atoms. The van der Waals surface area contributed by atoms with Crippen molar-refractivity contribution in [1.29, 1.82) is 0 Å². The van der Waals surface area contributed by atoms with Crippen molar-refractivity contribution in [2.75, 3.05) is 26.3 Å². The number of aromatic nitrogens is 1. The minimum absolute atomic E-state index is 0.0439. The fourth-order valence-electron chi connectivity index (χ4n) is 5.60. The number of fused-ring (bicyclic) bond motifs is 3. The van der Waals surface area contributed by atoms with Crippen LogP contribution in [-0.4, -0.2) is 49.6 Å². The first-order valence-corrected chi connectivity index (χ1v) is 13.2. The molecule has 1 aromatic carbocycles. The Bertz CT molecular complexity index is 1110. The molecular formula is C25H32N2O5S. The monoisotopic (exact) mass is 472 g/mol. The van der Waals surface area contributed by atoms with Crippen LogP contribution in [0.15, 0.2) is 47.6 Å². The van der Waals surface area contributed by atoms with Crippen LogP contribution >= 0.6 is 0 Å².